The first kappa shape index (κ1) is 19.1. The van der Waals surface area contributed by atoms with Gasteiger partial charge in [-0.3, -0.25) is 4.79 Å². The van der Waals surface area contributed by atoms with Crippen molar-refractivity contribution in [1.82, 2.24) is 4.72 Å². The van der Waals surface area contributed by atoms with E-state index in [0.717, 1.165) is 16.8 Å². The van der Waals surface area contributed by atoms with Crippen molar-refractivity contribution < 1.29 is 13.2 Å². The van der Waals surface area contributed by atoms with Crippen molar-refractivity contribution in [1.29, 1.82) is 0 Å². The Balaban J connectivity index is 2.18. The topological polar surface area (TPSA) is 75.3 Å². The van der Waals surface area contributed by atoms with Gasteiger partial charge in [-0.1, -0.05) is 25.1 Å². The third kappa shape index (κ3) is 4.67. The third-order valence-corrected chi connectivity index (χ3v) is 5.72. The Kier molecular flexibility index (Phi) is 5.98. The summed E-state index contributed by atoms with van der Waals surface area (Å²) < 4.78 is 27.1. The minimum absolute atomic E-state index is 0.142. The molecule has 1 amide bonds. The summed E-state index contributed by atoms with van der Waals surface area (Å²) in [5.41, 5.74) is 3.14. The van der Waals surface area contributed by atoms with Crippen LogP contribution < -0.4 is 10.0 Å². The van der Waals surface area contributed by atoms with E-state index in [0.29, 0.717) is 12.0 Å². The number of sulfonamides is 1. The lowest BCUT2D eigenvalue weighted by Gasteiger charge is -2.13. The van der Waals surface area contributed by atoms with E-state index in [9.17, 15) is 13.2 Å². The van der Waals surface area contributed by atoms with Crippen LogP contribution in [0.5, 0.6) is 0 Å². The molecule has 0 aromatic heterocycles. The predicted octanol–water partition coefficient (Wildman–Crippen LogP) is 3.63. The molecule has 2 N–H and O–H groups in total. The standard InChI is InChI=1S/C19H24N2O3S/c1-5-15(4)21-25(23,24)17-11-9-16(10-12-17)19(22)20-18-13(2)7-6-8-14(18)3/h6-12,15,21H,5H2,1-4H3,(H,20,22). The van der Waals surface area contributed by atoms with Gasteiger partial charge in [-0.25, -0.2) is 13.1 Å². The van der Waals surface area contributed by atoms with Gasteiger partial charge in [0.25, 0.3) is 5.91 Å². The van der Waals surface area contributed by atoms with Crippen molar-refractivity contribution >= 4 is 21.6 Å². The normalized spacial score (nSPS) is 12.6. The van der Waals surface area contributed by atoms with Gasteiger partial charge in [-0.15, -0.1) is 0 Å². The number of amides is 1. The van der Waals surface area contributed by atoms with E-state index in [4.69, 9.17) is 0 Å². The number of carbonyl (C=O) groups is 1. The summed E-state index contributed by atoms with van der Waals surface area (Å²) in [6, 6.07) is 11.6. The lowest BCUT2D eigenvalue weighted by atomic mass is 10.1. The largest absolute Gasteiger partial charge is 0.322 e. The van der Waals surface area contributed by atoms with Gasteiger partial charge in [-0.05, 0) is 62.6 Å². The fourth-order valence-electron chi connectivity index (χ4n) is 2.40. The van der Waals surface area contributed by atoms with Gasteiger partial charge in [0.15, 0.2) is 0 Å². The average Bonchev–Trinajstić information content (AvgIpc) is 2.57. The Labute approximate surface area is 149 Å². The number of rotatable bonds is 6. The van der Waals surface area contributed by atoms with Crippen molar-refractivity contribution in [2.45, 2.75) is 45.1 Å². The molecule has 2 aromatic rings. The number of benzene rings is 2. The predicted molar refractivity (Wildman–Crippen MR) is 100 cm³/mol. The Morgan fingerprint density at radius 3 is 2.12 bits per heavy atom. The van der Waals surface area contributed by atoms with E-state index in [1.807, 2.05) is 45.9 Å². The molecule has 0 radical (unpaired) electrons. The monoisotopic (exact) mass is 360 g/mol. The zero-order valence-electron chi connectivity index (χ0n) is 15.0. The maximum Gasteiger partial charge on any atom is 0.255 e. The molecule has 1 unspecified atom stereocenters. The summed E-state index contributed by atoms with van der Waals surface area (Å²) in [7, 11) is -3.57. The fraction of sp³-hybridized carbons (Fsp3) is 0.316. The van der Waals surface area contributed by atoms with E-state index in [1.54, 1.807) is 0 Å². The minimum Gasteiger partial charge on any atom is -0.322 e. The first-order valence-corrected chi connectivity index (χ1v) is 9.73. The van der Waals surface area contributed by atoms with Gasteiger partial charge in [0.2, 0.25) is 10.0 Å². The first-order chi connectivity index (χ1) is 11.7. The molecule has 25 heavy (non-hydrogen) atoms. The number of hydrogen-bond donors (Lipinski definition) is 2. The molecule has 0 saturated heterocycles. The molecule has 0 aliphatic carbocycles. The van der Waals surface area contributed by atoms with Crippen LogP contribution in [-0.4, -0.2) is 20.4 Å². The molecule has 2 aromatic carbocycles. The maximum absolute atomic E-state index is 12.4. The second-order valence-electron chi connectivity index (χ2n) is 6.18. The molecule has 134 valence electrons. The molecule has 0 aliphatic heterocycles. The molecule has 0 heterocycles. The molecule has 2 rings (SSSR count). The van der Waals surface area contributed by atoms with Crippen LogP contribution in [0.25, 0.3) is 0 Å². The van der Waals surface area contributed by atoms with Crippen LogP contribution in [0.15, 0.2) is 47.4 Å². The second-order valence-corrected chi connectivity index (χ2v) is 7.89. The molecule has 0 bridgehead atoms. The lowest BCUT2D eigenvalue weighted by Crippen LogP contribution is -2.32. The molecule has 0 saturated carbocycles. The Hall–Kier alpha value is -2.18. The van der Waals surface area contributed by atoms with Crippen molar-refractivity contribution in [2.75, 3.05) is 5.32 Å². The molecular formula is C19H24N2O3S. The van der Waals surface area contributed by atoms with Crippen LogP contribution in [0.2, 0.25) is 0 Å². The maximum atomic E-state index is 12.4. The summed E-state index contributed by atoms with van der Waals surface area (Å²) in [6.07, 6.45) is 0.704. The fourth-order valence-corrected chi connectivity index (χ4v) is 3.73. The van der Waals surface area contributed by atoms with Crippen LogP contribution in [0.4, 0.5) is 5.69 Å². The van der Waals surface area contributed by atoms with Crippen LogP contribution in [0.3, 0.4) is 0 Å². The molecule has 0 fully saturated rings. The number of nitrogens with one attached hydrogen (secondary N) is 2. The number of anilines is 1. The number of para-hydroxylation sites is 1. The zero-order chi connectivity index (χ0) is 18.6. The van der Waals surface area contributed by atoms with E-state index in [-0.39, 0.29) is 16.8 Å². The molecule has 1 atom stereocenters. The molecular weight excluding hydrogens is 336 g/mol. The zero-order valence-corrected chi connectivity index (χ0v) is 15.8. The number of carbonyl (C=O) groups excluding carboxylic acids is 1. The SMILES string of the molecule is CCC(C)NS(=O)(=O)c1ccc(C(=O)Nc2c(C)cccc2C)cc1. The molecule has 6 heteroatoms. The molecule has 0 aliphatic rings. The number of hydrogen-bond acceptors (Lipinski definition) is 3. The van der Waals surface area contributed by atoms with Crippen molar-refractivity contribution in [3.8, 4) is 0 Å². The van der Waals surface area contributed by atoms with Gasteiger partial charge in [0.05, 0.1) is 4.90 Å². The first-order valence-electron chi connectivity index (χ1n) is 8.24. The third-order valence-electron chi connectivity index (χ3n) is 4.12. The highest BCUT2D eigenvalue weighted by atomic mass is 32.2. The lowest BCUT2D eigenvalue weighted by molar-refractivity contribution is 0.102. The van der Waals surface area contributed by atoms with Crippen molar-refractivity contribution in [3.63, 3.8) is 0 Å². The van der Waals surface area contributed by atoms with Crippen molar-refractivity contribution in [3.05, 3.63) is 59.2 Å². The summed E-state index contributed by atoms with van der Waals surface area (Å²) in [5.74, 6) is -0.267. The van der Waals surface area contributed by atoms with Crippen LogP contribution in [0, 0.1) is 13.8 Å². The average molecular weight is 360 g/mol. The Bertz CT molecular complexity index is 838. The summed E-state index contributed by atoms with van der Waals surface area (Å²) in [4.78, 5) is 12.6. The highest BCUT2D eigenvalue weighted by Gasteiger charge is 2.17. The summed E-state index contributed by atoms with van der Waals surface area (Å²) >= 11 is 0. The van der Waals surface area contributed by atoms with Crippen LogP contribution in [-0.2, 0) is 10.0 Å². The quantitative estimate of drug-likeness (QED) is 0.826. The minimum atomic E-state index is -3.57. The second kappa shape index (κ2) is 7.80. The van der Waals surface area contributed by atoms with E-state index in [2.05, 4.69) is 10.0 Å². The van der Waals surface area contributed by atoms with Crippen LogP contribution >= 0.6 is 0 Å². The highest BCUT2D eigenvalue weighted by Crippen LogP contribution is 2.20. The summed E-state index contributed by atoms with van der Waals surface area (Å²) in [5, 5.41) is 2.89. The van der Waals surface area contributed by atoms with Crippen molar-refractivity contribution in [2.24, 2.45) is 0 Å². The summed E-state index contributed by atoms with van der Waals surface area (Å²) in [6.45, 7) is 7.58. The van der Waals surface area contributed by atoms with Gasteiger partial charge < -0.3 is 5.32 Å². The molecule has 0 spiro atoms. The molecule has 5 nitrogen and oxygen atoms in total. The highest BCUT2D eigenvalue weighted by molar-refractivity contribution is 7.89. The van der Waals surface area contributed by atoms with E-state index in [1.165, 1.54) is 24.3 Å². The van der Waals surface area contributed by atoms with E-state index < -0.39 is 10.0 Å². The van der Waals surface area contributed by atoms with Gasteiger partial charge in [-0.2, -0.15) is 0 Å². The van der Waals surface area contributed by atoms with Gasteiger partial charge >= 0.3 is 0 Å². The Morgan fingerprint density at radius 1 is 1.04 bits per heavy atom. The Morgan fingerprint density at radius 2 is 1.60 bits per heavy atom. The van der Waals surface area contributed by atoms with E-state index >= 15 is 0 Å². The smallest absolute Gasteiger partial charge is 0.255 e. The van der Waals surface area contributed by atoms with Crippen LogP contribution in [0.1, 0.15) is 41.8 Å². The van der Waals surface area contributed by atoms with Gasteiger partial charge in [0.1, 0.15) is 0 Å². The number of aryl methyl sites for hydroxylation is 2. The van der Waals surface area contributed by atoms with Gasteiger partial charge in [0, 0.05) is 17.3 Å².